The Kier molecular flexibility index (Phi) is 3.80. The smallest absolute Gasteiger partial charge is 0.319 e. The summed E-state index contributed by atoms with van der Waals surface area (Å²) in [7, 11) is 0. The standard InChI is InChI=1S/C15H22N2O2/c1-10-6-11(2)8-13(7-10)16-14(19)17-15(3,9-18)12-4-5-12/h6-8,12,18H,4-5,9H2,1-3H3,(H2,16,17,19). The van der Waals surface area contributed by atoms with Gasteiger partial charge in [-0.3, -0.25) is 0 Å². The first-order chi connectivity index (χ1) is 8.93. The van der Waals surface area contributed by atoms with Crippen LogP contribution in [0.2, 0.25) is 0 Å². The Morgan fingerprint density at radius 1 is 1.32 bits per heavy atom. The van der Waals surface area contributed by atoms with Crippen LogP contribution in [0.15, 0.2) is 18.2 Å². The third-order valence-electron chi connectivity index (χ3n) is 3.69. The summed E-state index contributed by atoms with van der Waals surface area (Å²) in [6.07, 6.45) is 2.14. The van der Waals surface area contributed by atoms with Crippen LogP contribution in [0, 0.1) is 19.8 Å². The summed E-state index contributed by atoms with van der Waals surface area (Å²) < 4.78 is 0. The van der Waals surface area contributed by atoms with Crippen LogP contribution in [-0.4, -0.2) is 23.3 Å². The van der Waals surface area contributed by atoms with E-state index < -0.39 is 5.54 Å². The highest BCUT2D eigenvalue weighted by Gasteiger charge is 2.42. The average Bonchev–Trinajstić information content (AvgIpc) is 3.10. The zero-order chi connectivity index (χ0) is 14.0. The average molecular weight is 262 g/mol. The van der Waals surface area contributed by atoms with E-state index in [9.17, 15) is 9.90 Å². The molecule has 0 heterocycles. The minimum atomic E-state index is -0.511. The van der Waals surface area contributed by atoms with Gasteiger partial charge < -0.3 is 15.7 Å². The maximum Gasteiger partial charge on any atom is 0.319 e. The summed E-state index contributed by atoms with van der Waals surface area (Å²) in [4.78, 5) is 12.0. The summed E-state index contributed by atoms with van der Waals surface area (Å²) in [6.45, 7) is 5.86. The van der Waals surface area contributed by atoms with Gasteiger partial charge in [-0.25, -0.2) is 4.79 Å². The normalized spacial score (nSPS) is 17.7. The van der Waals surface area contributed by atoms with Gasteiger partial charge in [0.25, 0.3) is 0 Å². The number of anilines is 1. The lowest BCUT2D eigenvalue weighted by molar-refractivity contribution is 0.159. The van der Waals surface area contributed by atoms with Crippen LogP contribution < -0.4 is 10.6 Å². The number of rotatable bonds is 4. The molecule has 3 N–H and O–H groups in total. The van der Waals surface area contributed by atoms with E-state index in [2.05, 4.69) is 16.7 Å². The number of hydrogen-bond acceptors (Lipinski definition) is 2. The van der Waals surface area contributed by atoms with Crippen molar-refractivity contribution in [1.29, 1.82) is 0 Å². The molecule has 0 bridgehead atoms. The molecule has 0 saturated heterocycles. The molecular formula is C15H22N2O2. The first-order valence-corrected chi connectivity index (χ1v) is 6.71. The van der Waals surface area contributed by atoms with Crippen molar-refractivity contribution in [3.8, 4) is 0 Å². The fourth-order valence-electron chi connectivity index (χ4n) is 2.46. The molecule has 0 spiro atoms. The van der Waals surface area contributed by atoms with Crippen LogP contribution >= 0.6 is 0 Å². The molecule has 19 heavy (non-hydrogen) atoms. The Bertz CT molecular complexity index is 463. The number of carbonyl (C=O) groups is 1. The molecule has 2 rings (SSSR count). The number of aryl methyl sites for hydroxylation is 2. The fraction of sp³-hybridized carbons (Fsp3) is 0.533. The topological polar surface area (TPSA) is 61.4 Å². The second-order valence-corrected chi connectivity index (χ2v) is 5.81. The van der Waals surface area contributed by atoms with Gasteiger partial charge in [0, 0.05) is 5.69 Å². The first-order valence-electron chi connectivity index (χ1n) is 6.71. The van der Waals surface area contributed by atoms with Crippen LogP contribution in [0.4, 0.5) is 10.5 Å². The maximum atomic E-state index is 12.0. The number of amides is 2. The minimum Gasteiger partial charge on any atom is -0.394 e. The number of hydrogen-bond donors (Lipinski definition) is 3. The molecule has 1 atom stereocenters. The molecule has 104 valence electrons. The van der Waals surface area contributed by atoms with E-state index in [1.54, 1.807) is 0 Å². The SMILES string of the molecule is Cc1cc(C)cc(NC(=O)NC(C)(CO)C2CC2)c1. The van der Waals surface area contributed by atoms with E-state index in [0.29, 0.717) is 5.92 Å². The third kappa shape index (κ3) is 3.47. The van der Waals surface area contributed by atoms with Gasteiger partial charge in [-0.2, -0.15) is 0 Å². The van der Waals surface area contributed by atoms with E-state index in [-0.39, 0.29) is 12.6 Å². The number of nitrogens with one attached hydrogen (secondary N) is 2. The Morgan fingerprint density at radius 3 is 2.37 bits per heavy atom. The van der Waals surface area contributed by atoms with Gasteiger partial charge >= 0.3 is 6.03 Å². The van der Waals surface area contributed by atoms with E-state index in [1.807, 2.05) is 32.9 Å². The summed E-state index contributed by atoms with van der Waals surface area (Å²) in [5.41, 5.74) is 2.50. The predicted octanol–water partition coefficient (Wildman–Crippen LogP) is 2.59. The zero-order valence-electron chi connectivity index (χ0n) is 11.8. The summed E-state index contributed by atoms with van der Waals surface area (Å²) >= 11 is 0. The van der Waals surface area contributed by atoms with Crippen molar-refractivity contribution in [2.24, 2.45) is 5.92 Å². The van der Waals surface area contributed by atoms with Gasteiger partial charge in [-0.15, -0.1) is 0 Å². The van der Waals surface area contributed by atoms with Crippen molar-refractivity contribution in [2.75, 3.05) is 11.9 Å². The molecule has 1 aromatic carbocycles. The highest BCUT2D eigenvalue weighted by Crippen LogP contribution is 2.39. The second kappa shape index (κ2) is 5.21. The largest absolute Gasteiger partial charge is 0.394 e. The highest BCUT2D eigenvalue weighted by atomic mass is 16.3. The molecule has 4 nitrogen and oxygen atoms in total. The van der Waals surface area contributed by atoms with Gasteiger partial charge in [0.1, 0.15) is 0 Å². The number of carbonyl (C=O) groups excluding carboxylic acids is 1. The number of aliphatic hydroxyl groups excluding tert-OH is 1. The summed E-state index contributed by atoms with van der Waals surface area (Å²) in [5.74, 6) is 0.391. The Morgan fingerprint density at radius 2 is 1.89 bits per heavy atom. The maximum absolute atomic E-state index is 12.0. The molecule has 1 fully saturated rings. The van der Waals surface area contributed by atoms with Gasteiger partial charge in [0.2, 0.25) is 0 Å². The van der Waals surface area contributed by atoms with E-state index in [4.69, 9.17) is 0 Å². The summed E-state index contributed by atoms with van der Waals surface area (Å²) in [5, 5.41) is 15.2. The molecule has 1 saturated carbocycles. The van der Waals surface area contributed by atoms with Crippen LogP contribution in [0.5, 0.6) is 0 Å². The lowest BCUT2D eigenvalue weighted by Gasteiger charge is -2.28. The molecular weight excluding hydrogens is 240 g/mol. The Labute approximate surface area is 114 Å². The Balaban J connectivity index is 2.00. The molecule has 0 aliphatic heterocycles. The number of urea groups is 1. The van der Waals surface area contributed by atoms with Crippen LogP contribution in [0.3, 0.4) is 0 Å². The molecule has 0 radical (unpaired) electrons. The highest BCUT2D eigenvalue weighted by molar-refractivity contribution is 5.90. The van der Waals surface area contributed by atoms with Crippen molar-refractivity contribution in [2.45, 2.75) is 39.2 Å². The minimum absolute atomic E-state index is 0.0298. The predicted molar refractivity (Wildman–Crippen MR) is 76.3 cm³/mol. The van der Waals surface area contributed by atoms with Gasteiger partial charge in [-0.1, -0.05) is 6.07 Å². The number of aliphatic hydroxyl groups is 1. The molecule has 1 unspecified atom stereocenters. The molecule has 1 aliphatic carbocycles. The molecule has 4 heteroatoms. The zero-order valence-corrected chi connectivity index (χ0v) is 11.8. The lowest BCUT2D eigenvalue weighted by Crippen LogP contribution is -2.52. The molecule has 1 aliphatic rings. The second-order valence-electron chi connectivity index (χ2n) is 5.81. The molecule has 1 aromatic rings. The van der Waals surface area contributed by atoms with Crippen LogP contribution in [0.1, 0.15) is 30.9 Å². The Hall–Kier alpha value is -1.55. The van der Waals surface area contributed by atoms with E-state index in [0.717, 1.165) is 29.7 Å². The van der Waals surface area contributed by atoms with Crippen molar-refractivity contribution in [1.82, 2.24) is 5.32 Å². The third-order valence-corrected chi connectivity index (χ3v) is 3.69. The van der Waals surface area contributed by atoms with E-state index >= 15 is 0 Å². The monoisotopic (exact) mass is 262 g/mol. The van der Waals surface area contributed by atoms with Crippen molar-refractivity contribution < 1.29 is 9.90 Å². The van der Waals surface area contributed by atoms with Gasteiger partial charge in [0.15, 0.2) is 0 Å². The van der Waals surface area contributed by atoms with Crippen molar-refractivity contribution in [3.63, 3.8) is 0 Å². The summed E-state index contributed by atoms with van der Waals surface area (Å²) in [6, 6.07) is 5.67. The van der Waals surface area contributed by atoms with Gasteiger partial charge in [-0.05, 0) is 62.8 Å². The molecule has 0 aromatic heterocycles. The fourth-order valence-corrected chi connectivity index (χ4v) is 2.46. The number of benzene rings is 1. The van der Waals surface area contributed by atoms with Crippen molar-refractivity contribution >= 4 is 11.7 Å². The first kappa shape index (κ1) is 13.9. The quantitative estimate of drug-likeness (QED) is 0.781. The van der Waals surface area contributed by atoms with Crippen LogP contribution in [-0.2, 0) is 0 Å². The van der Waals surface area contributed by atoms with Gasteiger partial charge in [0.05, 0.1) is 12.1 Å². The van der Waals surface area contributed by atoms with E-state index in [1.165, 1.54) is 0 Å². The molecule has 2 amide bonds. The van der Waals surface area contributed by atoms with Crippen LogP contribution in [0.25, 0.3) is 0 Å². The van der Waals surface area contributed by atoms with Crippen molar-refractivity contribution in [3.05, 3.63) is 29.3 Å². The lowest BCUT2D eigenvalue weighted by atomic mass is 9.97.